The standard InChI is InChI=1S/C26H24N4O3S/c1-30-16-22(15-28-30)21-12-24-25(27-14-21)10-9-20-8-7-19(11-23(20)26(24)31)17-34(32,33)29-13-18-5-3-2-4-6-18/h2-12,14-15,22,29H,13,16-17H2,1H3. The Morgan fingerprint density at radius 3 is 2.56 bits per heavy atom. The molecule has 0 saturated carbocycles. The van der Waals surface area contributed by atoms with Gasteiger partial charge in [0.05, 0.1) is 11.3 Å². The zero-order valence-corrected chi connectivity index (χ0v) is 19.5. The largest absolute Gasteiger partial charge is 0.299 e. The first-order valence-corrected chi connectivity index (χ1v) is 12.7. The lowest BCUT2D eigenvalue weighted by Crippen LogP contribution is -2.24. The van der Waals surface area contributed by atoms with Crippen molar-refractivity contribution >= 4 is 37.9 Å². The summed E-state index contributed by atoms with van der Waals surface area (Å²) in [7, 11) is -1.68. The van der Waals surface area contributed by atoms with Crippen molar-refractivity contribution in [1.29, 1.82) is 0 Å². The number of sulfonamides is 1. The van der Waals surface area contributed by atoms with Crippen LogP contribution in [0.1, 0.15) is 22.6 Å². The minimum absolute atomic E-state index is 0.0782. The number of likely N-dealkylation sites (N-methyl/N-ethyl adjacent to an activating group) is 1. The highest BCUT2D eigenvalue weighted by Crippen LogP contribution is 2.23. The minimum Gasteiger partial charge on any atom is -0.299 e. The summed E-state index contributed by atoms with van der Waals surface area (Å²) in [5.74, 6) is -0.130. The lowest BCUT2D eigenvalue weighted by atomic mass is 10.0. The van der Waals surface area contributed by atoms with Crippen LogP contribution in [0.3, 0.4) is 0 Å². The smallest absolute Gasteiger partial charge is 0.216 e. The molecular formula is C26H24N4O3S. The Kier molecular flexibility index (Phi) is 5.85. The van der Waals surface area contributed by atoms with Crippen molar-refractivity contribution in [3.63, 3.8) is 0 Å². The van der Waals surface area contributed by atoms with E-state index in [2.05, 4.69) is 14.8 Å². The number of nitrogens with zero attached hydrogens (tertiary/aromatic N) is 3. The number of benzene rings is 2. The number of hydrogen-bond donors (Lipinski definition) is 1. The van der Waals surface area contributed by atoms with Gasteiger partial charge in [-0.2, -0.15) is 5.10 Å². The monoisotopic (exact) mass is 472 g/mol. The first-order chi connectivity index (χ1) is 16.4. The Labute approximate surface area is 197 Å². The number of pyridine rings is 1. The van der Waals surface area contributed by atoms with Crippen molar-refractivity contribution < 1.29 is 8.42 Å². The van der Waals surface area contributed by atoms with Crippen molar-refractivity contribution in [3.05, 3.63) is 99.8 Å². The second kappa shape index (κ2) is 8.96. The average Bonchev–Trinajstić information content (AvgIpc) is 3.22. The molecule has 0 amide bonds. The average molecular weight is 473 g/mol. The Morgan fingerprint density at radius 1 is 1.00 bits per heavy atom. The zero-order valence-electron chi connectivity index (χ0n) is 18.7. The van der Waals surface area contributed by atoms with Gasteiger partial charge in [-0.05, 0) is 40.3 Å². The van der Waals surface area contributed by atoms with Crippen LogP contribution in [0.2, 0.25) is 0 Å². The van der Waals surface area contributed by atoms with Crippen LogP contribution >= 0.6 is 0 Å². The molecule has 0 aliphatic carbocycles. The molecule has 1 aliphatic heterocycles. The van der Waals surface area contributed by atoms with Gasteiger partial charge in [-0.3, -0.25) is 14.8 Å². The lowest BCUT2D eigenvalue weighted by molar-refractivity contribution is 0.381. The highest BCUT2D eigenvalue weighted by Gasteiger charge is 2.18. The van der Waals surface area contributed by atoms with Crippen LogP contribution in [-0.2, 0) is 22.3 Å². The van der Waals surface area contributed by atoms with E-state index in [0.29, 0.717) is 21.9 Å². The highest BCUT2D eigenvalue weighted by molar-refractivity contribution is 7.88. The molecule has 4 aromatic rings. The molecule has 0 fully saturated rings. The fourth-order valence-electron chi connectivity index (χ4n) is 4.18. The van der Waals surface area contributed by atoms with Gasteiger partial charge < -0.3 is 0 Å². The molecule has 1 aromatic heterocycles. The minimum atomic E-state index is -3.58. The van der Waals surface area contributed by atoms with Crippen molar-refractivity contribution in [2.24, 2.45) is 5.10 Å². The van der Waals surface area contributed by atoms with Crippen LogP contribution in [0, 0.1) is 0 Å². The summed E-state index contributed by atoms with van der Waals surface area (Å²) in [6, 6.07) is 20.1. The quantitative estimate of drug-likeness (QED) is 0.465. The number of hydrogen-bond acceptors (Lipinski definition) is 6. The van der Waals surface area contributed by atoms with Crippen LogP contribution in [-0.4, -0.2) is 38.2 Å². The molecule has 1 aliphatic rings. The van der Waals surface area contributed by atoms with Crippen LogP contribution in [0.25, 0.3) is 21.7 Å². The van der Waals surface area contributed by atoms with E-state index in [-0.39, 0.29) is 23.6 Å². The molecule has 1 unspecified atom stereocenters. The number of hydrazone groups is 1. The molecule has 172 valence electrons. The molecular weight excluding hydrogens is 448 g/mol. The maximum Gasteiger partial charge on any atom is 0.216 e. The number of fused-ring (bicyclic) bond motifs is 2. The SMILES string of the molecule is CN1CC(c2cnc3ccc4ccc(CS(=O)(=O)NCc5ccccc5)cc4c(=O)c3c2)C=N1. The van der Waals surface area contributed by atoms with E-state index >= 15 is 0 Å². The molecule has 1 atom stereocenters. The zero-order chi connectivity index (χ0) is 23.7. The van der Waals surface area contributed by atoms with E-state index in [1.807, 2.05) is 66.8 Å². The molecule has 0 spiro atoms. The van der Waals surface area contributed by atoms with Gasteiger partial charge in [0.2, 0.25) is 10.0 Å². The predicted octanol–water partition coefficient (Wildman–Crippen LogP) is 3.38. The first-order valence-electron chi connectivity index (χ1n) is 11.0. The molecule has 34 heavy (non-hydrogen) atoms. The van der Waals surface area contributed by atoms with E-state index in [9.17, 15) is 13.2 Å². The van der Waals surface area contributed by atoms with Gasteiger partial charge >= 0.3 is 0 Å². The highest BCUT2D eigenvalue weighted by atomic mass is 32.2. The normalized spacial score (nSPS) is 15.9. The van der Waals surface area contributed by atoms with E-state index < -0.39 is 10.0 Å². The molecule has 0 bridgehead atoms. The fraction of sp³-hybridized carbons (Fsp3) is 0.192. The third-order valence-corrected chi connectivity index (χ3v) is 7.29. The van der Waals surface area contributed by atoms with E-state index in [1.165, 1.54) is 0 Å². The predicted molar refractivity (Wildman–Crippen MR) is 135 cm³/mol. The summed E-state index contributed by atoms with van der Waals surface area (Å²) in [5.41, 5.74) is 2.81. The molecule has 1 N–H and O–H groups in total. The van der Waals surface area contributed by atoms with Gasteiger partial charge in [0.15, 0.2) is 5.43 Å². The lowest BCUT2D eigenvalue weighted by Gasteiger charge is -2.10. The first kappa shape index (κ1) is 22.2. The van der Waals surface area contributed by atoms with Crippen LogP contribution in [0.5, 0.6) is 0 Å². The topological polar surface area (TPSA) is 91.7 Å². The van der Waals surface area contributed by atoms with E-state index in [4.69, 9.17) is 0 Å². The third kappa shape index (κ3) is 4.69. The molecule has 2 heterocycles. The summed E-state index contributed by atoms with van der Waals surface area (Å²) < 4.78 is 28.0. The van der Waals surface area contributed by atoms with Gasteiger partial charge in [0.1, 0.15) is 0 Å². The second-order valence-electron chi connectivity index (χ2n) is 8.56. The fourth-order valence-corrected chi connectivity index (χ4v) is 5.29. The molecule has 0 radical (unpaired) electrons. The van der Waals surface area contributed by atoms with Gasteiger partial charge in [-0.25, -0.2) is 13.1 Å². The summed E-state index contributed by atoms with van der Waals surface area (Å²) in [6.45, 7) is 0.955. The maximum atomic E-state index is 13.5. The Bertz CT molecular complexity index is 1570. The van der Waals surface area contributed by atoms with Crippen molar-refractivity contribution in [1.82, 2.24) is 14.7 Å². The van der Waals surface area contributed by atoms with Crippen molar-refractivity contribution in [3.8, 4) is 0 Å². The summed E-state index contributed by atoms with van der Waals surface area (Å²) in [5, 5.41) is 7.86. The van der Waals surface area contributed by atoms with Crippen LogP contribution < -0.4 is 10.2 Å². The number of aromatic nitrogens is 1. The molecule has 3 aromatic carbocycles. The molecule has 0 saturated heterocycles. The van der Waals surface area contributed by atoms with E-state index in [0.717, 1.165) is 23.1 Å². The summed E-state index contributed by atoms with van der Waals surface area (Å²) in [4.78, 5) is 18.0. The molecule has 5 rings (SSSR count). The van der Waals surface area contributed by atoms with Gasteiger partial charge in [0, 0.05) is 49.2 Å². The number of rotatable bonds is 6. The Morgan fingerprint density at radius 2 is 1.79 bits per heavy atom. The van der Waals surface area contributed by atoms with Crippen molar-refractivity contribution in [2.75, 3.05) is 13.6 Å². The second-order valence-corrected chi connectivity index (χ2v) is 10.4. The summed E-state index contributed by atoms with van der Waals surface area (Å²) in [6.07, 6.45) is 3.65. The molecule has 7 nitrogen and oxygen atoms in total. The van der Waals surface area contributed by atoms with E-state index in [1.54, 1.807) is 24.4 Å². The van der Waals surface area contributed by atoms with Crippen molar-refractivity contribution in [2.45, 2.75) is 18.2 Å². The molecule has 8 heteroatoms. The van der Waals surface area contributed by atoms with Crippen LogP contribution in [0.15, 0.2) is 82.8 Å². The van der Waals surface area contributed by atoms with Gasteiger partial charge in [-0.1, -0.05) is 48.5 Å². The van der Waals surface area contributed by atoms with Gasteiger partial charge in [0.25, 0.3) is 0 Å². The summed E-state index contributed by atoms with van der Waals surface area (Å²) >= 11 is 0. The number of nitrogens with one attached hydrogen (secondary N) is 1. The van der Waals surface area contributed by atoms with Crippen LogP contribution in [0.4, 0.5) is 0 Å². The Hall–Kier alpha value is -3.62. The maximum absolute atomic E-state index is 13.5. The Balaban J connectivity index is 1.48. The third-order valence-electron chi connectivity index (χ3n) is 6.00. The van der Waals surface area contributed by atoms with Gasteiger partial charge in [-0.15, -0.1) is 0 Å².